The molecular formula is C62H74N4O17S2. The normalized spacial score (nSPS) is 10.8. The minimum absolute atomic E-state index is 0. The van der Waals surface area contributed by atoms with E-state index in [2.05, 4.69) is 21.3 Å². The molecule has 0 saturated carbocycles. The molecule has 0 atom stereocenters. The van der Waals surface area contributed by atoms with Crippen molar-refractivity contribution in [3.63, 3.8) is 0 Å². The summed E-state index contributed by atoms with van der Waals surface area (Å²) in [6.45, 7) is 8.80. The van der Waals surface area contributed by atoms with Crippen molar-refractivity contribution in [3.8, 4) is 45.6 Å². The summed E-state index contributed by atoms with van der Waals surface area (Å²) in [5, 5.41) is 13.4. The summed E-state index contributed by atoms with van der Waals surface area (Å²) < 4.78 is 86.1. The van der Waals surface area contributed by atoms with Gasteiger partial charge in [-0.25, -0.2) is 0 Å². The lowest BCUT2D eigenvalue weighted by atomic mass is 10.0. The molecule has 6 aromatic carbocycles. The van der Waals surface area contributed by atoms with Gasteiger partial charge in [0, 0.05) is 35.3 Å². The largest absolute Gasteiger partial charge is 0.493 e. The van der Waals surface area contributed by atoms with E-state index in [1.165, 1.54) is 0 Å². The highest BCUT2D eigenvalue weighted by molar-refractivity contribution is 7.85. The van der Waals surface area contributed by atoms with E-state index in [-0.39, 0.29) is 28.1 Å². The molecule has 21 nitrogen and oxygen atoms in total. The smallest absolute Gasteiger partial charge is 0.261 e. The maximum atomic E-state index is 13.0. The number of methoxy groups -OCH3 is 2. The molecule has 0 aliphatic heterocycles. The third-order valence-corrected chi connectivity index (χ3v) is 12.1. The van der Waals surface area contributed by atoms with Gasteiger partial charge in [0.1, 0.15) is 11.5 Å². The number of rotatable bonds is 24. The first-order chi connectivity index (χ1) is 40.2. The number of carbonyl (C=O) groups is 2. The Hall–Kier alpha value is -8.42. The van der Waals surface area contributed by atoms with Gasteiger partial charge in [-0.15, -0.1) is 0 Å². The minimum atomic E-state index is -3.67. The third-order valence-electron chi connectivity index (χ3n) is 12.1. The van der Waals surface area contributed by atoms with Crippen LogP contribution in [0.1, 0.15) is 57.5 Å². The van der Waals surface area contributed by atoms with E-state index in [0.29, 0.717) is 94.5 Å². The Morgan fingerprint density at radius 1 is 0.459 bits per heavy atom. The van der Waals surface area contributed by atoms with E-state index in [1.54, 1.807) is 64.5 Å². The molecule has 2 aromatic heterocycles. The van der Waals surface area contributed by atoms with Crippen LogP contribution in [0.2, 0.25) is 0 Å². The van der Waals surface area contributed by atoms with E-state index >= 15 is 0 Å². The van der Waals surface area contributed by atoms with Gasteiger partial charge in [0.25, 0.3) is 32.1 Å². The lowest BCUT2D eigenvalue weighted by molar-refractivity contribution is 0.0945. The Morgan fingerprint density at radius 3 is 1.12 bits per heavy atom. The van der Waals surface area contributed by atoms with E-state index < -0.39 is 20.2 Å². The number of amides is 2. The van der Waals surface area contributed by atoms with Crippen LogP contribution in [0.4, 0.5) is 0 Å². The molecule has 8 rings (SSSR count). The molecule has 456 valence electrons. The molecule has 8 N–H and O–H groups in total. The Labute approximate surface area is 494 Å². The Morgan fingerprint density at radius 2 is 0.776 bits per heavy atom. The molecule has 0 radical (unpaired) electrons. The monoisotopic (exact) mass is 1210 g/mol. The zero-order chi connectivity index (χ0) is 61.1. The standard InChI is InChI=1S/2C30H32N2O5.2CH4O3S.H2O/c2*1-21-27(33)23-13-8-14-24(29(23)37-28(21)22-11-4-3-5-12-22)30(34)32-19-9-17-31-18-10-20-36-26-16-7-6-15-25(26)35-2;2*1-5(2,3)4;/h2*3-8,11-16,31H,9-10,17-20H2,1-2H3,(H,32,34);2*1H3,(H,2,3,4);1H2. The van der Waals surface area contributed by atoms with E-state index in [9.17, 15) is 36.0 Å². The van der Waals surface area contributed by atoms with Crippen LogP contribution in [0.5, 0.6) is 23.0 Å². The molecule has 2 amide bonds. The van der Waals surface area contributed by atoms with Gasteiger partial charge < -0.3 is 54.5 Å². The van der Waals surface area contributed by atoms with Gasteiger partial charge in [-0.1, -0.05) is 97.1 Å². The average molecular weight is 1210 g/mol. The second kappa shape index (κ2) is 35.0. The predicted molar refractivity (Wildman–Crippen MR) is 330 cm³/mol. The molecule has 2 heterocycles. The van der Waals surface area contributed by atoms with Gasteiger partial charge in [0.15, 0.2) is 45.0 Å². The summed E-state index contributed by atoms with van der Waals surface area (Å²) in [6, 6.07) is 44.3. The number of carbonyl (C=O) groups excluding carboxylic acids is 2. The summed E-state index contributed by atoms with van der Waals surface area (Å²) in [5.41, 5.74) is 3.71. The number of hydrogen-bond donors (Lipinski definition) is 6. The van der Waals surface area contributed by atoms with Gasteiger partial charge >= 0.3 is 0 Å². The van der Waals surface area contributed by atoms with Crippen LogP contribution in [0, 0.1) is 13.8 Å². The molecule has 0 saturated heterocycles. The van der Waals surface area contributed by atoms with Crippen LogP contribution in [-0.4, -0.2) is 122 Å². The Balaban J connectivity index is 0.000000311. The van der Waals surface area contributed by atoms with Crippen molar-refractivity contribution in [2.45, 2.75) is 39.5 Å². The number of benzene rings is 6. The number of ether oxygens (including phenoxy) is 4. The molecule has 85 heavy (non-hydrogen) atoms. The van der Waals surface area contributed by atoms with Crippen LogP contribution in [-0.2, 0) is 20.2 Å². The molecule has 0 aliphatic carbocycles. The molecule has 0 fully saturated rings. The second-order valence-electron chi connectivity index (χ2n) is 18.8. The molecular weight excluding hydrogens is 1140 g/mol. The van der Waals surface area contributed by atoms with E-state index in [0.717, 1.165) is 86.0 Å². The van der Waals surface area contributed by atoms with Gasteiger partial charge in [-0.05, 0) is 114 Å². The molecule has 8 aromatic rings. The molecule has 0 bridgehead atoms. The van der Waals surface area contributed by atoms with Crippen LogP contribution >= 0.6 is 0 Å². The average Bonchev–Trinajstić information content (AvgIpc) is 2.26. The van der Waals surface area contributed by atoms with Gasteiger partial charge in [0.05, 0.1) is 61.8 Å². The van der Waals surface area contributed by atoms with Crippen LogP contribution in [0.15, 0.2) is 164 Å². The summed E-state index contributed by atoms with van der Waals surface area (Å²) in [4.78, 5) is 51.9. The maximum Gasteiger partial charge on any atom is 0.261 e. The molecule has 0 aliphatic rings. The second-order valence-corrected chi connectivity index (χ2v) is 21.7. The topological polar surface area (TPSA) is 320 Å². The van der Waals surface area contributed by atoms with Crippen LogP contribution in [0.3, 0.4) is 0 Å². The first-order valence-corrected chi connectivity index (χ1v) is 30.5. The number of para-hydroxylation sites is 6. The van der Waals surface area contributed by atoms with Crippen molar-refractivity contribution in [3.05, 3.63) is 188 Å². The summed E-state index contributed by atoms with van der Waals surface area (Å²) >= 11 is 0. The predicted octanol–water partition coefficient (Wildman–Crippen LogP) is 8.09. The SMILES string of the molecule is COc1ccccc1OCCCNCCCNC(=O)c1cccc2c(=O)c(C)c(-c3ccccc3)oc12.COc1ccccc1OCCCNCCCNC(=O)c1cccc2c(=O)c(C)c(-c3ccccc3)oc12.CS(=O)(=O)O.CS(=O)(=O)O.O. The highest BCUT2D eigenvalue weighted by Gasteiger charge is 2.20. The summed E-state index contributed by atoms with van der Waals surface area (Å²) in [5.74, 6) is 3.37. The summed E-state index contributed by atoms with van der Waals surface area (Å²) in [7, 11) is -4.08. The van der Waals surface area contributed by atoms with Gasteiger partial charge in [-0.2, -0.15) is 16.8 Å². The zero-order valence-corrected chi connectivity index (χ0v) is 49.9. The summed E-state index contributed by atoms with van der Waals surface area (Å²) in [6.07, 6.45) is 4.66. The van der Waals surface area contributed by atoms with E-state index in [4.69, 9.17) is 36.9 Å². The third kappa shape index (κ3) is 22.9. The van der Waals surface area contributed by atoms with Crippen molar-refractivity contribution in [2.24, 2.45) is 0 Å². The fraction of sp³-hybridized carbons (Fsp3) is 0.290. The van der Waals surface area contributed by atoms with Crippen molar-refractivity contribution in [2.75, 3.05) is 79.2 Å². The Kier molecular flexibility index (Phi) is 28.5. The van der Waals surface area contributed by atoms with Gasteiger partial charge in [0.2, 0.25) is 0 Å². The van der Waals surface area contributed by atoms with Crippen molar-refractivity contribution >= 4 is 54.0 Å². The van der Waals surface area contributed by atoms with Crippen molar-refractivity contribution in [1.82, 2.24) is 21.3 Å². The minimum Gasteiger partial charge on any atom is -0.493 e. The number of nitrogens with one attached hydrogen (secondary N) is 4. The van der Waals surface area contributed by atoms with E-state index in [1.807, 2.05) is 109 Å². The van der Waals surface area contributed by atoms with Crippen LogP contribution < -0.4 is 51.1 Å². The van der Waals surface area contributed by atoms with Gasteiger partial charge in [-0.3, -0.25) is 28.3 Å². The fourth-order valence-corrected chi connectivity index (χ4v) is 8.21. The number of hydrogen-bond acceptors (Lipinski definition) is 16. The fourth-order valence-electron chi connectivity index (χ4n) is 8.21. The first kappa shape index (κ1) is 69.1. The van der Waals surface area contributed by atoms with Crippen molar-refractivity contribution < 1.29 is 68.8 Å². The Bertz CT molecular complexity index is 3510. The highest BCUT2D eigenvalue weighted by atomic mass is 32.2. The van der Waals surface area contributed by atoms with Crippen molar-refractivity contribution in [1.29, 1.82) is 0 Å². The molecule has 0 unspecified atom stereocenters. The molecule has 23 heteroatoms. The zero-order valence-electron chi connectivity index (χ0n) is 48.3. The lowest BCUT2D eigenvalue weighted by Crippen LogP contribution is -2.28. The maximum absolute atomic E-state index is 13.0. The van der Waals surface area contributed by atoms with Crippen LogP contribution in [0.25, 0.3) is 44.6 Å². The first-order valence-electron chi connectivity index (χ1n) is 26.8. The highest BCUT2D eigenvalue weighted by Crippen LogP contribution is 2.30. The lowest BCUT2D eigenvalue weighted by Gasteiger charge is -2.11. The quantitative estimate of drug-likeness (QED) is 0.0246. The molecule has 0 spiro atoms. The number of fused-ring (bicyclic) bond motifs is 2.